The lowest BCUT2D eigenvalue weighted by Crippen LogP contribution is -2.50. The van der Waals surface area contributed by atoms with E-state index in [1.807, 2.05) is 0 Å². The number of hydrogen-bond donors (Lipinski definition) is 1. The summed E-state index contributed by atoms with van der Waals surface area (Å²) < 4.78 is 5.04. The first-order valence-corrected chi connectivity index (χ1v) is 5.97. The van der Waals surface area contributed by atoms with Crippen LogP contribution in [0.15, 0.2) is 12.7 Å². The van der Waals surface area contributed by atoms with Crippen molar-refractivity contribution < 1.29 is 14.3 Å². The fourth-order valence-corrected chi connectivity index (χ4v) is 2.29. The van der Waals surface area contributed by atoms with Gasteiger partial charge in [0.1, 0.15) is 0 Å². The maximum atomic E-state index is 11.4. The molecule has 0 aromatic carbocycles. The third kappa shape index (κ3) is 3.76. The summed E-state index contributed by atoms with van der Waals surface area (Å²) in [4.78, 5) is 24.0. The number of primary amides is 1. The number of esters is 1. The van der Waals surface area contributed by atoms with E-state index in [1.165, 1.54) is 11.3 Å². The Morgan fingerprint density at radius 1 is 1.41 bits per heavy atom. The fourth-order valence-electron chi connectivity index (χ4n) is 2.29. The maximum Gasteiger partial charge on any atom is 0.332 e. The normalized spacial score (nSPS) is 18.2. The van der Waals surface area contributed by atoms with Gasteiger partial charge in [0.05, 0.1) is 0 Å². The number of carbonyl (C=O) groups excluding carboxylic acids is 2. The van der Waals surface area contributed by atoms with Gasteiger partial charge in [0.25, 0.3) is 0 Å². The van der Waals surface area contributed by atoms with Gasteiger partial charge in [-0.1, -0.05) is 25.8 Å². The molecule has 1 rings (SSSR count). The summed E-state index contributed by atoms with van der Waals surface area (Å²) in [5.74, 6) is -0.542. The van der Waals surface area contributed by atoms with Gasteiger partial charge in [0.15, 0.2) is 6.23 Å². The summed E-state index contributed by atoms with van der Waals surface area (Å²) in [5, 5.41) is 0. The molecule has 0 radical (unpaired) electrons. The van der Waals surface area contributed by atoms with E-state index in [1.54, 1.807) is 6.92 Å². The second-order valence-corrected chi connectivity index (χ2v) is 4.28. The van der Waals surface area contributed by atoms with Gasteiger partial charge < -0.3 is 10.5 Å². The van der Waals surface area contributed by atoms with Crippen molar-refractivity contribution >= 4 is 12.0 Å². The van der Waals surface area contributed by atoms with Crippen LogP contribution in [0.1, 0.15) is 39.0 Å². The van der Waals surface area contributed by atoms with Crippen molar-refractivity contribution in [3.8, 4) is 0 Å². The maximum absolute atomic E-state index is 11.4. The smallest absolute Gasteiger partial charge is 0.332 e. The van der Waals surface area contributed by atoms with Gasteiger partial charge in [-0.2, -0.15) is 0 Å². The zero-order valence-electron chi connectivity index (χ0n) is 10.2. The standard InChI is InChI=1S/C12H20N2O3/c1-3-11(15)17-9(2)14(12(13)16)10-7-5-4-6-8-10/h3,9-10H,1,4-8H2,2H3,(H2,13,16). The quantitative estimate of drug-likeness (QED) is 0.462. The molecular formula is C12H20N2O3. The van der Waals surface area contributed by atoms with Crippen molar-refractivity contribution in [2.24, 2.45) is 5.73 Å². The molecule has 2 amide bonds. The van der Waals surface area contributed by atoms with Gasteiger partial charge >= 0.3 is 12.0 Å². The summed E-state index contributed by atoms with van der Waals surface area (Å²) in [6.45, 7) is 4.97. The van der Waals surface area contributed by atoms with Crippen LogP contribution in [0.3, 0.4) is 0 Å². The molecule has 1 fully saturated rings. The van der Waals surface area contributed by atoms with E-state index in [9.17, 15) is 9.59 Å². The van der Waals surface area contributed by atoms with Gasteiger partial charge in [-0.25, -0.2) is 9.59 Å². The third-order valence-electron chi connectivity index (χ3n) is 3.07. The van der Waals surface area contributed by atoms with E-state index < -0.39 is 18.2 Å². The molecule has 0 bridgehead atoms. The minimum Gasteiger partial charge on any atom is -0.439 e. The molecule has 2 N–H and O–H groups in total. The van der Waals surface area contributed by atoms with Crippen molar-refractivity contribution in [2.75, 3.05) is 0 Å². The lowest BCUT2D eigenvalue weighted by atomic mass is 9.94. The molecule has 5 heteroatoms. The highest BCUT2D eigenvalue weighted by atomic mass is 16.6. The average Bonchev–Trinajstić information content (AvgIpc) is 2.29. The first kappa shape index (κ1) is 13.5. The monoisotopic (exact) mass is 240 g/mol. The molecule has 1 aliphatic rings. The van der Waals surface area contributed by atoms with Crippen molar-refractivity contribution in [1.29, 1.82) is 0 Å². The minimum atomic E-state index is -0.638. The number of rotatable bonds is 4. The number of nitrogens with zero attached hydrogens (tertiary/aromatic N) is 1. The molecule has 5 nitrogen and oxygen atoms in total. The van der Waals surface area contributed by atoms with Gasteiger partial charge in [-0.3, -0.25) is 4.90 Å². The van der Waals surface area contributed by atoms with Crippen LogP contribution in [-0.4, -0.2) is 29.2 Å². The Labute approximate surface area is 102 Å². The fraction of sp³-hybridized carbons (Fsp3) is 0.667. The highest BCUT2D eigenvalue weighted by Gasteiger charge is 2.29. The van der Waals surface area contributed by atoms with E-state index in [0.717, 1.165) is 31.8 Å². The lowest BCUT2D eigenvalue weighted by molar-refractivity contribution is -0.150. The predicted octanol–water partition coefficient (Wildman–Crippen LogP) is 1.77. The first-order valence-electron chi connectivity index (χ1n) is 5.97. The number of urea groups is 1. The van der Waals surface area contributed by atoms with Crippen LogP contribution in [0, 0.1) is 0 Å². The first-order chi connectivity index (χ1) is 8.06. The molecule has 17 heavy (non-hydrogen) atoms. The third-order valence-corrected chi connectivity index (χ3v) is 3.07. The van der Waals surface area contributed by atoms with Gasteiger partial charge in [-0.05, 0) is 19.8 Å². The second kappa shape index (κ2) is 6.27. The summed E-state index contributed by atoms with van der Waals surface area (Å²) in [7, 11) is 0. The van der Waals surface area contributed by atoms with E-state index in [4.69, 9.17) is 10.5 Å². The van der Waals surface area contributed by atoms with E-state index in [-0.39, 0.29) is 6.04 Å². The Morgan fingerprint density at radius 3 is 2.47 bits per heavy atom. The van der Waals surface area contributed by atoms with Crippen molar-refractivity contribution in [3.63, 3.8) is 0 Å². The summed E-state index contributed by atoms with van der Waals surface area (Å²) >= 11 is 0. The van der Waals surface area contributed by atoms with Crippen LogP contribution >= 0.6 is 0 Å². The van der Waals surface area contributed by atoms with Gasteiger partial charge in [-0.15, -0.1) is 0 Å². The van der Waals surface area contributed by atoms with Crippen LogP contribution in [-0.2, 0) is 9.53 Å². The highest BCUT2D eigenvalue weighted by molar-refractivity contribution is 5.81. The van der Waals surface area contributed by atoms with E-state index in [0.29, 0.717) is 0 Å². The molecule has 0 aromatic heterocycles. The summed E-state index contributed by atoms with van der Waals surface area (Å²) in [6, 6.07) is -0.463. The minimum absolute atomic E-state index is 0.0777. The van der Waals surface area contributed by atoms with Gasteiger partial charge in [0.2, 0.25) is 0 Å². The van der Waals surface area contributed by atoms with Crippen LogP contribution in [0.4, 0.5) is 4.79 Å². The number of amides is 2. The molecule has 1 atom stereocenters. The molecular weight excluding hydrogens is 220 g/mol. The molecule has 1 aliphatic carbocycles. The Kier molecular flexibility index (Phi) is 5.00. The zero-order valence-corrected chi connectivity index (χ0v) is 10.2. The van der Waals surface area contributed by atoms with Crippen LogP contribution < -0.4 is 5.73 Å². The molecule has 0 saturated heterocycles. The Bertz CT molecular complexity index is 298. The molecule has 0 aliphatic heterocycles. The molecule has 0 aromatic rings. The topological polar surface area (TPSA) is 72.6 Å². The number of nitrogens with two attached hydrogens (primary N) is 1. The van der Waals surface area contributed by atoms with Crippen LogP contribution in [0.5, 0.6) is 0 Å². The van der Waals surface area contributed by atoms with Crippen molar-refractivity contribution in [3.05, 3.63) is 12.7 Å². The SMILES string of the molecule is C=CC(=O)OC(C)N(C(N)=O)C1CCCCC1. The Hall–Kier alpha value is -1.52. The second-order valence-electron chi connectivity index (χ2n) is 4.28. The number of carbonyl (C=O) groups is 2. The van der Waals surface area contributed by atoms with Crippen molar-refractivity contribution in [2.45, 2.75) is 51.3 Å². The largest absolute Gasteiger partial charge is 0.439 e. The predicted molar refractivity (Wildman–Crippen MR) is 64.0 cm³/mol. The Balaban J connectivity index is 2.66. The number of ether oxygens (including phenoxy) is 1. The number of hydrogen-bond acceptors (Lipinski definition) is 3. The van der Waals surface area contributed by atoms with Crippen LogP contribution in [0.2, 0.25) is 0 Å². The summed E-state index contributed by atoms with van der Waals surface area (Å²) in [5.41, 5.74) is 5.36. The lowest BCUT2D eigenvalue weighted by Gasteiger charge is -2.36. The van der Waals surface area contributed by atoms with Gasteiger partial charge in [0, 0.05) is 12.1 Å². The Morgan fingerprint density at radius 2 is 2.00 bits per heavy atom. The van der Waals surface area contributed by atoms with Crippen LogP contribution in [0.25, 0.3) is 0 Å². The molecule has 1 unspecified atom stereocenters. The zero-order chi connectivity index (χ0) is 12.8. The highest BCUT2D eigenvalue weighted by Crippen LogP contribution is 2.24. The molecule has 1 saturated carbocycles. The van der Waals surface area contributed by atoms with E-state index >= 15 is 0 Å². The molecule has 0 spiro atoms. The van der Waals surface area contributed by atoms with E-state index in [2.05, 4.69) is 6.58 Å². The molecule has 0 heterocycles. The summed E-state index contributed by atoms with van der Waals surface area (Å²) in [6.07, 6.45) is 5.62. The molecule has 96 valence electrons. The van der Waals surface area contributed by atoms with Crippen molar-refractivity contribution in [1.82, 2.24) is 4.90 Å². The average molecular weight is 240 g/mol.